The molecule has 104 valence electrons. The van der Waals surface area contributed by atoms with Gasteiger partial charge in [0.2, 0.25) is 0 Å². The Kier molecular flexibility index (Phi) is 4.42. The van der Waals surface area contributed by atoms with E-state index in [9.17, 15) is 10.1 Å². The fourth-order valence-corrected chi connectivity index (χ4v) is 2.13. The average Bonchev–Trinajstić information content (AvgIpc) is 2.45. The number of halogens is 1. The number of nitrogens with zero attached hydrogens (tertiary/aromatic N) is 1. The molecule has 0 amide bonds. The molecule has 0 heterocycles. The third kappa shape index (κ3) is 3.00. The molecule has 0 saturated carbocycles. The van der Waals surface area contributed by atoms with Gasteiger partial charge >= 0.3 is 5.69 Å². The van der Waals surface area contributed by atoms with Crippen molar-refractivity contribution >= 4 is 23.0 Å². The highest BCUT2D eigenvalue weighted by atomic mass is 35.5. The number of nitrogens with one attached hydrogen (secondary N) is 1. The number of rotatable bonds is 5. The molecule has 0 radical (unpaired) electrons. The summed E-state index contributed by atoms with van der Waals surface area (Å²) in [6, 6.07) is 12.3. The summed E-state index contributed by atoms with van der Waals surface area (Å²) in [7, 11) is 1.58. The number of nitro benzene ring substituents is 1. The Morgan fingerprint density at radius 3 is 2.70 bits per heavy atom. The van der Waals surface area contributed by atoms with Gasteiger partial charge < -0.3 is 10.1 Å². The van der Waals surface area contributed by atoms with Crippen LogP contribution < -0.4 is 10.1 Å². The molecule has 6 heteroatoms. The Hall–Kier alpha value is -2.27. The number of para-hydroxylation sites is 2. The number of nitro groups is 1. The molecule has 0 aliphatic heterocycles. The first-order valence-corrected chi connectivity index (χ1v) is 6.30. The second kappa shape index (κ2) is 6.25. The highest BCUT2D eigenvalue weighted by Gasteiger charge is 2.18. The van der Waals surface area contributed by atoms with Crippen LogP contribution in [-0.4, -0.2) is 12.0 Å². The van der Waals surface area contributed by atoms with E-state index in [1.165, 1.54) is 6.07 Å². The summed E-state index contributed by atoms with van der Waals surface area (Å²) >= 11 is 5.86. The molecule has 0 spiro atoms. The minimum Gasteiger partial charge on any atom is -0.496 e. The van der Waals surface area contributed by atoms with Crippen molar-refractivity contribution in [3.63, 3.8) is 0 Å². The monoisotopic (exact) mass is 292 g/mol. The first kappa shape index (κ1) is 14.1. The van der Waals surface area contributed by atoms with E-state index < -0.39 is 4.92 Å². The zero-order valence-electron chi connectivity index (χ0n) is 10.8. The first-order chi connectivity index (χ1) is 9.63. The molecular weight excluding hydrogens is 280 g/mol. The molecule has 0 bridgehead atoms. The van der Waals surface area contributed by atoms with Crippen molar-refractivity contribution in [1.82, 2.24) is 0 Å². The molecule has 0 aliphatic carbocycles. The van der Waals surface area contributed by atoms with E-state index in [4.69, 9.17) is 16.3 Å². The number of hydrogen-bond donors (Lipinski definition) is 1. The second-order valence-electron chi connectivity index (χ2n) is 4.06. The Balaban J connectivity index is 2.23. The summed E-state index contributed by atoms with van der Waals surface area (Å²) in [6.07, 6.45) is 0. The highest BCUT2D eigenvalue weighted by Crippen LogP contribution is 2.32. The predicted octanol–water partition coefficient (Wildman–Crippen LogP) is 3.87. The van der Waals surface area contributed by atoms with Gasteiger partial charge in [-0.1, -0.05) is 35.9 Å². The Morgan fingerprint density at radius 1 is 1.25 bits per heavy atom. The molecule has 0 saturated heterocycles. The van der Waals surface area contributed by atoms with Crippen molar-refractivity contribution in [2.24, 2.45) is 0 Å². The van der Waals surface area contributed by atoms with Gasteiger partial charge in [0.1, 0.15) is 16.5 Å². The van der Waals surface area contributed by atoms with Gasteiger partial charge in [0.05, 0.1) is 12.0 Å². The van der Waals surface area contributed by atoms with Crippen molar-refractivity contribution < 1.29 is 9.66 Å². The van der Waals surface area contributed by atoms with Crippen LogP contribution in [0.1, 0.15) is 5.56 Å². The molecule has 0 aliphatic rings. The third-order valence-electron chi connectivity index (χ3n) is 2.83. The van der Waals surface area contributed by atoms with E-state index in [1.807, 2.05) is 24.3 Å². The summed E-state index contributed by atoms with van der Waals surface area (Å²) in [5.74, 6) is 0.727. The van der Waals surface area contributed by atoms with Gasteiger partial charge in [-0.05, 0) is 18.2 Å². The molecule has 20 heavy (non-hydrogen) atoms. The average molecular weight is 293 g/mol. The smallest absolute Gasteiger partial charge is 0.310 e. The predicted molar refractivity (Wildman–Crippen MR) is 78.4 cm³/mol. The van der Waals surface area contributed by atoms with E-state index in [0.29, 0.717) is 12.2 Å². The van der Waals surface area contributed by atoms with Crippen LogP contribution in [0.5, 0.6) is 5.75 Å². The zero-order chi connectivity index (χ0) is 14.5. The van der Waals surface area contributed by atoms with E-state index >= 15 is 0 Å². The van der Waals surface area contributed by atoms with Crippen LogP contribution in [0.25, 0.3) is 0 Å². The zero-order valence-corrected chi connectivity index (χ0v) is 11.6. The van der Waals surface area contributed by atoms with Crippen molar-refractivity contribution in [2.75, 3.05) is 12.4 Å². The normalized spacial score (nSPS) is 10.1. The van der Waals surface area contributed by atoms with Gasteiger partial charge in [-0.2, -0.15) is 0 Å². The van der Waals surface area contributed by atoms with Gasteiger partial charge in [0.15, 0.2) is 0 Å². The van der Waals surface area contributed by atoms with Gasteiger partial charge in [-0.3, -0.25) is 10.1 Å². The highest BCUT2D eigenvalue weighted by molar-refractivity contribution is 6.33. The van der Waals surface area contributed by atoms with Crippen LogP contribution in [0.4, 0.5) is 11.4 Å². The molecule has 0 fully saturated rings. The quantitative estimate of drug-likeness (QED) is 0.671. The lowest BCUT2D eigenvalue weighted by molar-refractivity contribution is -0.383. The van der Waals surface area contributed by atoms with Gasteiger partial charge in [-0.25, -0.2) is 0 Å². The van der Waals surface area contributed by atoms with Gasteiger partial charge in [-0.15, -0.1) is 0 Å². The number of benzene rings is 2. The fraction of sp³-hybridized carbons (Fsp3) is 0.143. The Bertz CT molecular complexity index is 632. The van der Waals surface area contributed by atoms with Gasteiger partial charge in [0, 0.05) is 12.1 Å². The second-order valence-corrected chi connectivity index (χ2v) is 4.47. The summed E-state index contributed by atoms with van der Waals surface area (Å²) in [6.45, 7) is 0.408. The summed E-state index contributed by atoms with van der Waals surface area (Å²) in [4.78, 5) is 10.5. The molecule has 1 N–H and O–H groups in total. The maximum absolute atomic E-state index is 11.0. The lowest BCUT2D eigenvalue weighted by atomic mass is 10.2. The lowest BCUT2D eigenvalue weighted by Gasteiger charge is -2.11. The lowest BCUT2D eigenvalue weighted by Crippen LogP contribution is -2.04. The van der Waals surface area contributed by atoms with Crippen molar-refractivity contribution in [3.8, 4) is 5.75 Å². The first-order valence-electron chi connectivity index (χ1n) is 5.92. The molecular formula is C14H13ClN2O3. The van der Waals surface area contributed by atoms with E-state index in [0.717, 1.165) is 11.3 Å². The molecule has 2 rings (SSSR count). The Morgan fingerprint density at radius 2 is 2.00 bits per heavy atom. The van der Waals surface area contributed by atoms with Crippen molar-refractivity contribution in [1.29, 1.82) is 0 Å². The maximum Gasteiger partial charge on any atom is 0.310 e. The number of hydrogen-bond acceptors (Lipinski definition) is 4. The summed E-state index contributed by atoms with van der Waals surface area (Å²) in [5, 5.41) is 14.2. The van der Waals surface area contributed by atoms with Gasteiger partial charge in [0.25, 0.3) is 0 Å². The van der Waals surface area contributed by atoms with E-state index in [-0.39, 0.29) is 10.7 Å². The summed E-state index contributed by atoms with van der Waals surface area (Å²) in [5.41, 5.74) is 1.17. The SMILES string of the molecule is COc1ccccc1CNc1cccc(Cl)c1[N+](=O)[O-]. The summed E-state index contributed by atoms with van der Waals surface area (Å²) < 4.78 is 5.24. The minimum atomic E-state index is -0.493. The van der Waals surface area contributed by atoms with Crippen molar-refractivity contribution in [3.05, 3.63) is 63.2 Å². The number of anilines is 1. The standard InChI is InChI=1S/C14H13ClN2O3/c1-20-13-8-3-2-5-10(13)9-16-12-7-4-6-11(15)14(12)17(18)19/h2-8,16H,9H2,1H3. The van der Waals surface area contributed by atoms with Crippen LogP contribution in [0, 0.1) is 10.1 Å². The molecule has 0 aromatic heterocycles. The minimum absolute atomic E-state index is 0.111. The van der Waals surface area contributed by atoms with Crippen LogP contribution >= 0.6 is 11.6 Å². The topological polar surface area (TPSA) is 64.4 Å². The molecule has 0 atom stereocenters. The maximum atomic E-state index is 11.0. The molecule has 5 nitrogen and oxygen atoms in total. The fourth-order valence-electron chi connectivity index (χ4n) is 1.88. The van der Waals surface area contributed by atoms with Crippen LogP contribution in [0.15, 0.2) is 42.5 Å². The molecule has 2 aromatic carbocycles. The molecule has 2 aromatic rings. The Labute approximate surface area is 121 Å². The van der Waals surface area contributed by atoms with E-state index in [1.54, 1.807) is 19.2 Å². The van der Waals surface area contributed by atoms with Crippen LogP contribution in [0.3, 0.4) is 0 Å². The largest absolute Gasteiger partial charge is 0.496 e. The van der Waals surface area contributed by atoms with Crippen molar-refractivity contribution in [2.45, 2.75) is 6.54 Å². The van der Waals surface area contributed by atoms with Crippen LogP contribution in [-0.2, 0) is 6.54 Å². The molecule has 0 unspecified atom stereocenters. The number of ether oxygens (including phenoxy) is 1. The van der Waals surface area contributed by atoms with Crippen LogP contribution in [0.2, 0.25) is 5.02 Å². The third-order valence-corrected chi connectivity index (χ3v) is 3.14. The van der Waals surface area contributed by atoms with E-state index in [2.05, 4.69) is 5.32 Å². The number of methoxy groups -OCH3 is 1.